The molecule has 0 fully saturated rings. The molecule has 0 heterocycles. The first-order valence-electron chi connectivity index (χ1n) is 0. The quantitative estimate of drug-likeness (QED) is 0.544. The van der Waals surface area contributed by atoms with Crippen LogP contribution in [0.3, 0.4) is 0 Å². The summed E-state index contributed by atoms with van der Waals surface area (Å²) in [5, 5.41) is 0. The third-order valence-electron chi connectivity index (χ3n) is 0. The summed E-state index contributed by atoms with van der Waals surface area (Å²) in [7, 11) is 0. The largest absolute Gasteiger partial charge is 0 e. The molecular weight excluding hydrogens is 390 g/mol. The van der Waals surface area contributed by atoms with Gasteiger partial charge in [0, 0.05) is 43.4 Å². The molecule has 0 radical (unpaired) electrons. The van der Waals surface area contributed by atoms with Crippen LogP contribution in [0.4, 0.5) is 0 Å². The van der Waals surface area contributed by atoms with E-state index in [1.54, 1.807) is 0 Å². The first-order valence-corrected chi connectivity index (χ1v) is 0. The van der Waals surface area contributed by atoms with E-state index in [0.717, 1.165) is 0 Å². The van der Waals surface area contributed by atoms with Gasteiger partial charge in [0.05, 0.1) is 0 Å². The molecule has 0 aromatic rings. The van der Waals surface area contributed by atoms with Gasteiger partial charge in [0.2, 0.25) is 0 Å². The Morgan fingerprint density at radius 1 is 0.364 bits per heavy atom. The zero-order chi connectivity index (χ0) is 0. The minimum atomic E-state index is 0. The Kier molecular flexibility index (Phi) is 1210. The molecule has 11 heteroatoms. The van der Waals surface area contributed by atoms with Gasteiger partial charge in [-0.3, -0.25) is 0 Å². The van der Waals surface area contributed by atoms with Crippen molar-refractivity contribution in [3.8, 4) is 0 Å². The maximum atomic E-state index is 0. The third-order valence-corrected chi connectivity index (χ3v) is 0. The van der Waals surface area contributed by atoms with Crippen molar-refractivity contribution in [2.24, 2.45) is 0 Å². The van der Waals surface area contributed by atoms with Gasteiger partial charge in [0.25, 0.3) is 0 Å². The number of rotatable bonds is 0. The standard InChI is InChI=1S/7ClH.K.Li.2Ti.2H/h7*1H;;;;;;. The third kappa shape index (κ3) is 90.8. The van der Waals surface area contributed by atoms with Crippen LogP contribution in [-0.2, 0) is 43.4 Å². The summed E-state index contributed by atoms with van der Waals surface area (Å²) in [6.07, 6.45) is 0. The van der Waals surface area contributed by atoms with Crippen LogP contribution in [0, 0.1) is 0 Å². The predicted octanol–water partition coefficient (Wildman–Crippen LogP) is 1.65. The molecule has 0 nitrogen and oxygen atoms in total. The summed E-state index contributed by atoms with van der Waals surface area (Å²) in [6, 6.07) is 0. The molecule has 0 aliphatic carbocycles. The van der Waals surface area contributed by atoms with E-state index in [1.807, 2.05) is 0 Å². The summed E-state index contributed by atoms with van der Waals surface area (Å²) in [5.74, 6) is 0. The van der Waals surface area contributed by atoms with Gasteiger partial charge in [-0.15, -0.1) is 86.8 Å². The van der Waals surface area contributed by atoms with Crippen molar-refractivity contribution in [3.05, 3.63) is 0 Å². The van der Waals surface area contributed by atoms with Gasteiger partial charge in [-0.2, -0.15) is 0 Å². The minimum absolute atomic E-state index is 0. The summed E-state index contributed by atoms with van der Waals surface area (Å²) in [5.41, 5.74) is 0. The Morgan fingerprint density at radius 3 is 0.364 bits per heavy atom. The van der Waals surface area contributed by atoms with Crippen molar-refractivity contribution in [2.75, 3.05) is 0 Å². The van der Waals surface area contributed by atoms with Crippen molar-refractivity contribution >= 4 is 157 Å². The molecule has 0 bridgehead atoms. The molecule has 0 saturated heterocycles. The molecule has 0 N–H and O–H groups in total. The van der Waals surface area contributed by atoms with Crippen LogP contribution in [0.1, 0.15) is 0 Å². The molecule has 68 valence electrons. The molecule has 0 aromatic carbocycles. The van der Waals surface area contributed by atoms with Crippen LogP contribution in [0.2, 0.25) is 0 Å². The van der Waals surface area contributed by atoms with Gasteiger partial charge in [0.1, 0.15) is 0 Å². The molecule has 0 aromatic heterocycles. The van der Waals surface area contributed by atoms with E-state index in [4.69, 9.17) is 0 Å². The first-order chi connectivity index (χ1) is 0. The molecule has 11 heavy (non-hydrogen) atoms. The second-order valence-corrected chi connectivity index (χ2v) is 0. The monoisotopic (exact) mass is 396 g/mol. The molecule has 0 rings (SSSR count). The molecule has 0 amide bonds. The van der Waals surface area contributed by atoms with Gasteiger partial charge in [-0.1, -0.05) is 0 Å². The van der Waals surface area contributed by atoms with E-state index in [1.165, 1.54) is 0 Å². The van der Waals surface area contributed by atoms with Crippen molar-refractivity contribution in [2.45, 2.75) is 0 Å². The Morgan fingerprint density at radius 2 is 0.364 bits per heavy atom. The van der Waals surface area contributed by atoms with Gasteiger partial charge in [-0.05, 0) is 0 Å². The Hall–Kier alpha value is 5.69. The molecule has 0 saturated carbocycles. The smallest absolute Gasteiger partial charge is 0 e. The van der Waals surface area contributed by atoms with Crippen LogP contribution < -0.4 is 0 Å². The predicted molar refractivity (Wildman–Crippen MR) is 65.0 cm³/mol. The van der Waals surface area contributed by atoms with Crippen LogP contribution in [0.25, 0.3) is 0 Å². The van der Waals surface area contributed by atoms with Crippen LogP contribution in [0.15, 0.2) is 0 Å². The van der Waals surface area contributed by atoms with Crippen LogP contribution in [-0.4, -0.2) is 70.2 Å². The topological polar surface area (TPSA) is 0 Å². The molecule has 0 atom stereocenters. The maximum Gasteiger partial charge on any atom is 0 e. The average molecular weight is 399 g/mol. The summed E-state index contributed by atoms with van der Waals surface area (Å²) >= 11 is 0. The SMILES string of the molecule is Cl.Cl.Cl.Cl.Cl.Cl.Cl.[KH].[LiH].[Ti].[Ti]. The number of hydrogen-bond donors (Lipinski definition) is 0. The van der Waals surface area contributed by atoms with Gasteiger partial charge >= 0.3 is 70.2 Å². The van der Waals surface area contributed by atoms with E-state index in [2.05, 4.69) is 0 Å². The van der Waals surface area contributed by atoms with Crippen LogP contribution >= 0.6 is 86.8 Å². The van der Waals surface area contributed by atoms with E-state index in [-0.39, 0.29) is 201 Å². The van der Waals surface area contributed by atoms with E-state index >= 15 is 0 Å². The molecule has 0 aliphatic rings. The zero-order valence-electron chi connectivity index (χ0n) is 3.86. The van der Waals surface area contributed by atoms with Crippen molar-refractivity contribution in [1.29, 1.82) is 0 Å². The number of halogens is 7. The van der Waals surface area contributed by atoms with Gasteiger partial charge in [-0.25, -0.2) is 0 Å². The maximum absolute atomic E-state index is 0. The van der Waals surface area contributed by atoms with E-state index < -0.39 is 0 Å². The van der Waals surface area contributed by atoms with Crippen molar-refractivity contribution < 1.29 is 43.4 Å². The summed E-state index contributed by atoms with van der Waals surface area (Å²) in [6.45, 7) is 0. The van der Waals surface area contributed by atoms with Crippen molar-refractivity contribution in [1.82, 2.24) is 0 Å². The second-order valence-electron chi connectivity index (χ2n) is 0. The van der Waals surface area contributed by atoms with E-state index in [0.29, 0.717) is 0 Å². The molecule has 0 aliphatic heterocycles. The molecular formula is H9Cl7KLiTi2. The fraction of sp³-hybridized carbons (Fsp3) is 0. The summed E-state index contributed by atoms with van der Waals surface area (Å²) in [4.78, 5) is 0. The fourth-order valence-corrected chi connectivity index (χ4v) is 0. The fourth-order valence-electron chi connectivity index (χ4n) is 0. The molecule has 0 unspecified atom stereocenters. The van der Waals surface area contributed by atoms with Crippen LogP contribution in [0.5, 0.6) is 0 Å². The minimum Gasteiger partial charge on any atom is 0 e. The van der Waals surface area contributed by atoms with Crippen molar-refractivity contribution in [3.63, 3.8) is 0 Å². The Balaban J connectivity index is 0. The number of hydrogen-bond acceptors (Lipinski definition) is 0. The Labute approximate surface area is 196 Å². The summed E-state index contributed by atoms with van der Waals surface area (Å²) < 4.78 is 0. The Bertz CT molecular complexity index is 16.4. The zero-order valence-corrected chi connectivity index (χ0v) is 12.7. The normalized spacial score (nSPS) is 0. The average Bonchev–Trinajstić information content (AvgIpc) is 0. The first kappa shape index (κ1) is 127. The van der Waals surface area contributed by atoms with E-state index in [9.17, 15) is 0 Å². The second kappa shape index (κ2) is 105. The molecule has 0 spiro atoms. The van der Waals surface area contributed by atoms with Gasteiger partial charge < -0.3 is 0 Å². The van der Waals surface area contributed by atoms with Gasteiger partial charge in [0.15, 0.2) is 0 Å².